The number of carboxylic acids is 1. The fourth-order valence-electron chi connectivity index (χ4n) is 4.52. The van der Waals surface area contributed by atoms with Crippen molar-refractivity contribution >= 4 is 23.6 Å². The van der Waals surface area contributed by atoms with Crippen LogP contribution >= 0.6 is 0 Å². The Morgan fingerprint density at radius 3 is 2.29 bits per heavy atom. The van der Waals surface area contributed by atoms with Crippen LogP contribution in [0.25, 0.3) is 0 Å². The Balaban J connectivity index is 1.65. The van der Waals surface area contributed by atoms with Crippen molar-refractivity contribution in [2.24, 2.45) is 11.7 Å². The number of hydrogen-bond acceptors (Lipinski definition) is 5. The number of carboxylic acid groups (broad SMARTS) is 1. The summed E-state index contributed by atoms with van der Waals surface area (Å²) < 4.78 is 5.35. The van der Waals surface area contributed by atoms with Gasteiger partial charge in [-0.05, 0) is 23.1 Å². The Bertz CT molecular complexity index is 1090. The fourth-order valence-corrected chi connectivity index (χ4v) is 4.52. The SMILES string of the molecule is N=C(N)c1ccc(CC(C(=O)N2CCOCC2)C(=O)N2Cc3ccccc3C[C@H]2C(=O)O)cc1. The van der Waals surface area contributed by atoms with E-state index in [0.29, 0.717) is 31.9 Å². The summed E-state index contributed by atoms with van der Waals surface area (Å²) in [4.78, 5) is 42.4. The first-order valence-electron chi connectivity index (χ1n) is 11.2. The Labute approximate surface area is 197 Å². The number of benzene rings is 2. The number of amides is 2. The maximum absolute atomic E-state index is 13.8. The molecule has 2 aromatic carbocycles. The van der Waals surface area contributed by atoms with Gasteiger partial charge in [0, 0.05) is 31.6 Å². The average molecular weight is 465 g/mol. The summed E-state index contributed by atoms with van der Waals surface area (Å²) in [6, 6.07) is 13.3. The van der Waals surface area contributed by atoms with E-state index in [1.54, 1.807) is 29.2 Å². The molecule has 9 heteroatoms. The van der Waals surface area contributed by atoms with Gasteiger partial charge >= 0.3 is 5.97 Å². The number of carbonyl (C=O) groups is 3. The van der Waals surface area contributed by atoms with E-state index in [0.717, 1.165) is 16.7 Å². The van der Waals surface area contributed by atoms with Crippen LogP contribution in [0.3, 0.4) is 0 Å². The highest BCUT2D eigenvalue weighted by Crippen LogP contribution is 2.27. The molecule has 0 spiro atoms. The van der Waals surface area contributed by atoms with Gasteiger partial charge in [-0.1, -0.05) is 48.5 Å². The standard InChI is InChI=1S/C25H28N4O5/c26-22(27)17-7-5-16(6-8-17)13-20(23(30)28-9-11-34-12-10-28)24(31)29-15-19-4-2-1-3-18(19)14-21(29)25(32)33/h1-8,20-21H,9-15H2,(H3,26,27)(H,32,33)/t20?,21-/m0/s1. The van der Waals surface area contributed by atoms with Gasteiger partial charge in [-0.2, -0.15) is 0 Å². The molecule has 0 saturated carbocycles. The lowest BCUT2D eigenvalue weighted by Gasteiger charge is -2.38. The van der Waals surface area contributed by atoms with Gasteiger partial charge in [-0.15, -0.1) is 0 Å². The first kappa shape index (κ1) is 23.4. The topological polar surface area (TPSA) is 137 Å². The van der Waals surface area contributed by atoms with E-state index < -0.39 is 23.8 Å². The third-order valence-corrected chi connectivity index (χ3v) is 6.44. The molecule has 1 fully saturated rings. The van der Waals surface area contributed by atoms with Crippen molar-refractivity contribution in [3.63, 3.8) is 0 Å². The molecule has 178 valence electrons. The predicted molar refractivity (Wildman–Crippen MR) is 124 cm³/mol. The van der Waals surface area contributed by atoms with Crippen LogP contribution in [-0.4, -0.2) is 70.9 Å². The molecule has 0 aliphatic carbocycles. The quantitative estimate of drug-likeness (QED) is 0.332. The minimum atomic E-state index is -1.09. The molecule has 2 aliphatic rings. The number of aliphatic carboxylic acids is 1. The maximum Gasteiger partial charge on any atom is 0.326 e. The zero-order valence-electron chi connectivity index (χ0n) is 18.8. The number of hydrogen-bond donors (Lipinski definition) is 3. The lowest BCUT2D eigenvalue weighted by Crippen LogP contribution is -2.54. The molecule has 2 atom stereocenters. The highest BCUT2D eigenvalue weighted by molar-refractivity contribution is 6.02. The van der Waals surface area contributed by atoms with Gasteiger partial charge in [0.1, 0.15) is 17.8 Å². The van der Waals surface area contributed by atoms with Gasteiger partial charge in [0.15, 0.2) is 0 Å². The highest BCUT2D eigenvalue weighted by atomic mass is 16.5. The Morgan fingerprint density at radius 2 is 1.68 bits per heavy atom. The molecule has 1 saturated heterocycles. The van der Waals surface area contributed by atoms with Crippen LogP contribution in [0.4, 0.5) is 0 Å². The first-order valence-corrected chi connectivity index (χ1v) is 11.2. The fraction of sp³-hybridized carbons (Fsp3) is 0.360. The van der Waals surface area contributed by atoms with E-state index in [1.165, 1.54) is 4.90 Å². The lowest BCUT2D eigenvalue weighted by molar-refractivity contribution is -0.158. The zero-order valence-corrected chi connectivity index (χ0v) is 18.8. The molecular weight excluding hydrogens is 436 g/mol. The summed E-state index contributed by atoms with van der Waals surface area (Å²) in [6.45, 7) is 1.71. The third kappa shape index (κ3) is 4.94. The second kappa shape index (κ2) is 10.0. The van der Waals surface area contributed by atoms with Crippen LogP contribution in [0.1, 0.15) is 22.3 Å². The molecule has 0 aromatic heterocycles. The molecule has 0 radical (unpaired) electrons. The van der Waals surface area contributed by atoms with Crippen molar-refractivity contribution in [1.29, 1.82) is 5.41 Å². The average Bonchev–Trinajstić information content (AvgIpc) is 2.86. The van der Waals surface area contributed by atoms with Crippen molar-refractivity contribution in [1.82, 2.24) is 9.80 Å². The van der Waals surface area contributed by atoms with Gasteiger partial charge < -0.3 is 25.4 Å². The summed E-state index contributed by atoms with van der Waals surface area (Å²) >= 11 is 0. The molecular formula is C25H28N4O5. The van der Waals surface area contributed by atoms with E-state index in [2.05, 4.69) is 0 Å². The summed E-state index contributed by atoms with van der Waals surface area (Å²) in [5, 5.41) is 17.4. The summed E-state index contributed by atoms with van der Waals surface area (Å²) in [7, 11) is 0. The van der Waals surface area contributed by atoms with Gasteiger partial charge in [-0.25, -0.2) is 4.79 Å². The second-order valence-electron chi connectivity index (χ2n) is 8.60. The van der Waals surface area contributed by atoms with Crippen molar-refractivity contribution in [2.45, 2.75) is 25.4 Å². The number of amidine groups is 1. The van der Waals surface area contributed by atoms with Gasteiger partial charge in [0.2, 0.25) is 11.8 Å². The number of fused-ring (bicyclic) bond motifs is 1. The van der Waals surface area contributed by atoms with E-state index in [9.17, 15) is 19.5 Å². The van der Waals surface area contributed by atoms with Crippen molar-refractivity contribution < 1.29 is 24.2 Å². The normalized spacial score (nSPS) is 18.6. The van der Waals surface area contributed by atoms with Crippen LogP contribution in [0, 0.1) is 11.3 Å². The summed E-state index contributed by atoms with van der Waals surface area (Å²) in [5.41, 5.74) is 8.59. The molecule has 34 heavy (non-hydrogen) atoms. The van der Waals surface area contributed by atoms with Gasteiger partial charge in [0.05, 0.1) is 13.2 Å². The number of carbonyl (C=O) groups excluding carboxylic acids is 2. The number of nitrogens with zero attached hydrogens (tertiary/aromatic N) is 2. The number of nitrogens with two attached hydrogens (primary N) is 1. The molecule has 2 heterocycles. The largest absolute Gasteiger partial charge is 0.480 e. The predicted octanol–water partition coefficient (Wildman–Crippen LogP) is 1.03. The molecule has 9 nitrogen and oxygen atoms in total. The summed E-state index contributed by atoms with van der Waals surface area (Å²) in [5.74, 6) is -3.04. The lowest BCUT2D eigenvalue weighted by atomic mass is 9.90. The van der Waals surface area contributed by atoms with Crippen molar-refractivity contribution in [3.05, 3.63) is 70.8 Å². The monoisotopic (exact) mass is 464 g/mol. The highest BCUT2D eigenvalue weighted by Gasteiger charge is 2.41. The second-order valence-corrected chi connectivity index (χ2v) is 8.60. The van der Waals surface area contributed by atoms with Crippen LogP contribution in [0.2, 0.25) is 0 Å². The number of nitrogen functional groups attached to an aromatic ring is 1. The van der Waals surface area contributed by atoms with Crippen LogP contribution in [0.5, 0.6) is 0 Å². The molecule has 2 aliphatic heterocycles. The maximum atomic E-state index is 13.8. The molecule has 4 N–H and O–H groups in total. The van der Waals surface area contributed by atoms with E-state index in [4.69, 9.17) is 15.9 Å². The van der Waals surface area contributed by atoms with Crippen LogP contribution < -0.4 is 5.73 Å². The van der Waals surface area contributed by atoms with E-state index >= 15 is 0 Å². The molecule has 0 bridgehead atoms. The number of morpholine rings is 1. The third-order valence-electron chi connectivity index (χ3n) is 6.44. The van der Waals surface area contributed by atoms with E-state index in [1.807, 2.05) is 24.3 Å². The zero-order chi connectivity index (χ0) is 24.2. The van der Waals surface area contributed by atoms with Crippen molar-refractivity contribution in [2.75, 3.05) is 26.3 Å². The molecule has 4 rings (SSSR count). The Kier molecular flexibility index (Phi) is 6.93. The first-order chi connectivity index (χ1) is 16.3. The smallest absolute Gasteiger partial charge is 0.326 e. The van der Waals surface area contributed by atoms with Gasteiger partial charge in [0.25, 0.3) is 0 Å². The van der Waals surface area contributed by atoms with Crippen LogP contribution in [0.15, 0.2) is 48.5 Å². The number of rotatable bonds is 6. The minimum Gasteiger partial charge on any atom is -0.480 e. The Morgan fingerprint density at radius 1 is 1.03 bits per heavy atom. The molecule has 2 amide bonds. The number of ether oxygens (including phenoxy) is 1. The molecule has 1 unspecified atom stereocenters. The van der Waals surface area contributed by atoms with Crippen LogP contribution in [-0.2, 0) is 38.5 Å². The van der Waals surface area contributed by atoms with E-state index in [-0.39, 0.29) is 31.1 Å². The minimum absolute atomic E-state index is 0.0696. The number of nitrogens with one attached hydrogen (secondary N) is 1. The summed E-state index contributed by atoms with van der Waals surface area (Å²) in [6.07, 6.45) is 0.320. The van der Waals surface area contributed by atoms with Crippen molar-refractivity contribution in [3.8, 4) is 0 Å². The molecule has 2 aromatic rings. The van der Waals surface area contributed by atoms with Gasteiger partial charge in [-0.3, -0.25) is 15.0 Å². The Hall–Kier alpha value is -3.72.